The Morgan fingerprint density at radius 3 is 2.64 bits per heavy atom. The number of nitrogens with one attached hydrogen (secondary N) is 2. The van der Waals surface area contributed by atoms with Gasteiger partial charge < -0.3 is 15.2 Å². The van der Waals surface area contributed by atoms with Crippen molar-refractivity contribution in [2.45, 2.75) is 52.1 Å². The van der Waals surface area contributed by atoms with Crippen molar-refractivity contribution in [1.29, 1.82) is 0 Å². The zero-order valence-electron chi connectivity index (χ0n) is 20.6. The van der Waals surface area contributed by atoms with Crippen LogP contribution in [0.3, 0.4) is 0 Å². The first-order valence-electron chi connectivity index (χ1n) is 12.2. The maximum absolute atomic E-state index is 14.9. The molecular formula is C27H29F2N7. The summed E-state index contributed by atoms with van der Waals surface area (Å²) in [7, 11) is 0. The van der Waals surface area contributed by atoms with Gasteiger partial charge >= 0.3 is 0 Å². The molecule has 5 rings (SSSR count). The number of nitrogens with zero attached hydrogens (tertiary/aromatic N) is 5. The number of fused-ring (bicyclic) bond motifs is 1. The predicted molar refractivity (Wildman–Crippen MR) is 138 cm³/mol. The van der Waals surface area contributed by atoms with E-state index in [-0.39, 0.29) is 29.2 Å². The second kappa shape index (κ2) is 9.73. The van der Waals surface area contributed by atoms with Gasteiger partial charge in [-0.2, -0.15) is 0 Å². The van der Waals surface area contributed by atoms with Crippen LogP contribution in [-0.4, -0.2) is 37.1 Å². The van der Waals surface area contributed by atoms with E-state index in [9.17, 15) is 8.78 Å². The molecule has 1 unspecified atom stereocenters. The van der Waals surface area contributed by atoms with Gasteiger partial charge in [-0.3, -0.25) is 0 Å². The number of hydrogen-bond donors (Lipinski definition) is 2. The quantitative estimate of drug-likeness (QED) is 0.348. The third kappa shape index (κ3) is 4.58. The van der Waals surface area contributed by atoms with Crippen molar-refractivity contribution in [2.75, 3.05) is 11.9 Å². The molecule has 9 heteroatoms. The van der Waals surface area contributed by atoms with E-state index in [1.54, 1.807) is 12.3 Å². The number of benzene rings is 1. The zero-order valence-corrected chi connectivity index (χ0v) is 20.6. The molecule has 0 aliphatic carbocycles. The maximum atomic E-state index is 14.9. The van der Waals surface area contributed by atoms with Gasteiger partial charge in [-0.1, -0.05) is 13.0 Å². The topological polar surface area (TPSA) is 80.6 Å². The average Bonchev–Trinajstić information content (AvgIpc) is 3.22. The summed E-state index contributed by atoms with van der Waals surface area (Å²) in [5.74, 6) is 0.191. The summed E-state index contributed by atoms with van der Waals surface area (Å²) < 4.78 is 31.6. The van der Waals surface area contributed by atoms with Gasteiger partial charge in [-0.15, -0.1) is 0 Å². The van der Waals surface area contributed by atoms with Crippen LogP contribution < -0.4 is 10.6 Å². The van der Waals surface area contributed by atoms with Crippen LogP contribution >= 0.6 is 0 Å². The fourth-order valence-corrected chi connectivity index (χ4v) is 4.81. The van der Waals surface area contributed by atoms with Crippen LogP contribution in [0.5, 0.6) is 0 Å². The first-order valence-corrected chi connectivity index (χ1v) is 12.2. The number of pyridine rings is 1. The first kappa shape index (κ1) is 24.0. The molecule has 7 nitrogen and oxygen atoms in total. The lowest BCUT2D eigenvalue weighted by Gasteiger charge is -2.25. The second-order valence-corrected chi connectivity index (χ2v) is 9.42. The van der Waals surface area contributed by atoms with Crippen molar-refractivity contribution in [3.8, 4) is 11.3 Å². The molecule has 4 heterocycles. The number of hydrogen-bond acceptors (Lipinski definition) is 6. The number of anilines is 2. The van der Waals surface area contributed by atoms with E-state index in [4.69, 9.17) is 0 Å². The highest BCUT2D eigenvalue weighted by atomic mass is 19.1. The summed E-state index contributed by atoms with van der Waals surface area (Å²) in [5.41, 5.74) is 3.13. The molecule has 1 aromatic carbocycles. The van der Waals surface area contributed by atoms with E-state index in [1.807, 2.05) is 37.5 Å². The summed E-state index contributed by atoms with van der Waals surface area (Å²) in [6.45, 7) is 11.0. The van der Waals surface area contributed by atoms with E-state index in [0.717, 1.165) is 30.3 Å². The van der Waals surface area contributed by atoms with Crippen LogP contribution in [0.25, 0.3) is 27.9 Å². The third-order valence-corrected chi connectivity index (χ3v) is 6.56. The van der Waals surface area contributed by atoms with Gasteiger partial charge in [0.05, 0.1) is 11.7 Å². The zero-order chi connectivity index (χ0) is 25.4. The molecule has 1 aliphatic heterocycles. The molecule has 36 heavy (non-hydrogen) atoms. The van der Waals surface area contributed by atoms with E-state index in [0.29, 0.717) is 22.7 Å². The van der Waals surface area contributed by atoms with E-state index in [1.165, 1.54) is 18.9 Å². The molecule has 0 radical (unpaired) electrons. The van der Waals surface area contributed by atoms with Crippen LogP contribution in [0.4, 0.5) is 20.5 Å². The summed E-state index contributed by atoms with van der Waals surface area (Å²) in [6.07, 6.45) is 6.26. The SMILES string of the molecule is C=C(c1ccc(Nc2ncc(F)c(-c3cc(F)c4nc(C)n(C(C)C)c4c3)n2)nc1)C1CCCCN1. The van der Waals surface area contributed by atoms with Crippen LogP contribution in [0.2, 0.25) is 0 Å². The Balaban J connectivity index is 1.42. The van der Waals surface area contributed by atoms with Crippen molar-refractivity contribution in [1.82, 2.24) is 29.8 Å². The molecule has 0 bridgehead atoms. The van der Waals surface area contributed by atoms with Gasteiger partial charge in [0.1, 0.15) is 22.9 Å². The van der Waals surface area contributed by atoms with Crippen molar-refractivity contribution in [3.63, 3.8) is 0 Å². The summed E-state index contributed by atoms with van der Waals surface area (Å²) >= 11 is 0. The first-order chi connectivity index (χ1) is 17.3. The highest BCUT2D eigenvalue weighted by Gasteiger charge is 2.19. The van der Waals surface area contributed by atoms with E-state index >= 15 is 0 Å². The van der Waals surface area contributed by atoms with Crippen LogP contribution in [-0.2, 0) is 0 Å². The molecular weight excluding hydrogens is 460 g/mol. The van der Waals surface area contributed by atoms with Gasteiger partial charge in [0, 0.05) is 23.8 Å². The predicted octanol–water partition coefficient (Wildman–Crippen LogP) is 5.95. The van der Waals surface area contributed by atoms with Gasteiger partial charge in [0.2, 0.25) is 5.95 Å². The van der Waals surface area contributed by atoms with Crippen LogP contribution in [0.15, 0.2) is 43.2 Å². The average molecular weight is 490 g/mol. The largest absolute Gasteiger partial charge is 0.326 e. The number of imidazole rings is 1. The summed E-state index contributed by atoms with van der Waals surface area (Å²) in [4.78, 5) is 17.2. The summed E-state index contributed by atoms with van der Waals surface area (Å²) in [6, 6.07) is 7.05. The van der Waals surface area contributed by atoms with Crippen molar-refractivity contribution in [3.05, 3.63) is 66.3 Å². The highest BCUT2D eigenvalue weighted by molar-refractivity contribution is 5.83. The van der Waals surface area contributed by atoms with Crippen molar-refractivity contribution >= 4 is 28.4 Å². The Morgan fingerprint density at radius 2 is 1.94 bits per heavy atom. The standard InChI is InChI=1S/C27H29F2N7/c1-15(2)36-17(4)33-26-20(28)11-19(12-23(26)36)25-21(29)14-32-27(35-25)34-24-9-8-18(13-31-24)16(3)22-7-5-6-10-30-22/h8-9,11-15,22,30H,3,5-7,10H2,1-2,4H3,(H,31,32,34,35). The lowest BCUT2D eigenvalue weighted by Crippen LogP contribution is -2.34. The van der Waals surface area contributed by atoms with Crippen molar-refractivity contribution < 1.29 is 8.78 Å². The number of aryl methyl sites for hydroxylation is 1. The van der Waals surface area contributed by atoms with Gasteiger partial charge in [-0.05, 0) is 75.6 Å². The number of aromatic nitrogens is 5. The van der Waals surface area contributed by atoms with Crippen LogP contribution in [0, 0.1) is 18.6 Å². The van der Waals surface area contributed by atoms with Gasteiger partial charge in [0.25, 0.3) is 0 Å². The Hall–Kier alpha value is -3.72. The molecule has 1 atom stereocenters. The smallest absolute Gasteiger partial charge is 0.229 e. The highest BCUT2D eigenvalue weighted by Crippen LogP contribution is 2.30. The minimum Gasteiger partial charge on any atom is -0.326 e. The maximum Gasteiger partial charge on any atom is 0.229 e. The molecule has 186 valence electrons. The monoisotopic (exact) mass is 489 g/mol. The van der Waals surface area contributed by atoms with Gasteiger partial charge in [0.15, 0.2) is 11.6 Å². The minimum atomic E-state index is -0.647. The van der Waals surface area contributed by atoms with Gasteiger partial charge in [-0.25, -0.2) is 28.7 Å². The molecule has 0 amide bonds. The minimum absolute atomic E-state index is 0.00386. The lowest BCUT2D eigenvalue weighted by atomic mass is 9.94. The van der Waals surface area contributed by atoms with Crippen LogP contribution in [0.1, 0.15) is 50.5 Å². The number of rotatable bonds is 6. The lowest BCUT2D eigenvalue weighted by molar-refractivity contribution is 0.463. The Bertz CT molecular complexity index is 1420. The molecule has 0 spiro atoms. The number of halogens is 2. The van der Waals surface area contributed by atoms with Crippen molar-refractivity contribution in [2.24, 2.45) is 0 Å². The Kier molecular flexibility index (Phi) is 6.49. The third-order valence-electron chi connectivity index (χ3n) is 6.56. The molecule has 1 aliphatic rings. The molecule has 4 aromatic rings. The Morgan fingerprint density at radius 1 is 1.11 bits per heavy atom. The van der Waals surface area contributed by atoms with E-state index < -0.39 is 11.6 Å². The molecule has 0 saturated carbocycles. The van der Waals surface area contributed by atoms with E-state index in [2.05, 4.69) is 37.1 Å². The number of piperidine rings is 1. The Labute approximate surface area is 208 Å². The molecule has 1 saturated heterocycles. The summed E-state index contributed by atoms with van der Waals surface area (Å²) in [5, 5.41) is 6.51. The molecule has 1 fully saturated rings. The second-order valence-electron chi connectivity index (χ2n) is 9.42. The fraction of sp³-hybridized carbons (Fsp3) is 0.333. The normalized spacial score (nSPS) is 16.0. The molecule has 3 aromatic heterocycles. The fourth-order valence-electron chi connectivity index (χ4n) is 4.81. The molecule has 2 N–H and O–H groups in total.